The van der Waals surface area contributed by atoms with Crippen LogP contribution in [0.15, 0.2) is 24.3 Å². The molecule has 0 saturated heterocycles. The molecule has 1 atom stereocenters. The van der Waals surface area contributed by atoms with E-state index in [-0.39, 0.29) is 16.5 Å². The van der Waals surface area contributed by atoms with Crippen molar-refractivity contribution in [1.29, 1.82) is 0 Å². The van der Waals surface area contributed by atoms with Crippen molar-refractivity contribution in [1.82, 2.24) is 0 Å². The predicted octanol–water partition coefficient (Wildman–Crippen LogP) is 5.75. The molecular weight excluding hydrogens is 366 g/mol. The largest absolute Gasteiger partial charge is 0.443 e. The van der Waals surface area contributed by atoms with Gasteiger partial charge in [-0.1, -0.05) is 34.1 Å². The lowest BCUT2D eigenvalue weighted by molar-refractivity contribution is 0.0568. The molecule has 1 aromatic rings. The Morgan fingerprint density at radius 1 is 1.12 bits per heavy atom. The van der Waals surface area contributed by atoms with Crippen LogP contribution >= 0.6 is 15.9 Å². The molecule has 1 unspecified atom stereocenters. The molecule has 4 heteroatoms. The zero-order chi connectivity index (χ0) is 17.2. The lowest BCUT2D eigenvalue weighted by atomic mass is 9.66. The number of benzene rings is 1. The molecule has 2 aliphatic carbocycles. The predicted molar refractivity (Wildman–Crippen MR) is 99.7 cm³/mol. The first-order valence-corrected chi connectivity index (χ1v) is 9.94. The number of para-hydroxylation sites is 1. The van der Waals surface area contributed by atoms with Crippen molar-refractivity contribution in [3.05, 3.63) is 29.8 Å². The molecule has 4 rings (SSSR count). The fraction of sp³-hybridized carbons (Fsp3) is 0.650. The second kappa shape index (κ2) is 5.23. The lowest BCUT2D eigenvalue weighted by Crippen LogP contribution is -2.47. The molecule has 24 heavy (non-hydrogen) atoms. The van der Waals surface area contributed by atoms with Crippen LogP contribution in [-0.2, 0) is 10.2 Å². The molecular formula is C20H26BrNO2. The maximum absolute atomic E-state index is 12.9. The van der Waals surface area contributed by atoms with Gasteiger partial charge in [0.1, 0.15) is 10.6 Å². The van der Waals surface area contributed by atoms with E-state index in [1.807, 2.05) is 31.7 Å². The van der Waals surface area contributed by atoms with Crippen LogP contribution in [0.2, 0.25) is 0 Å². The minimum Gasteiger partial charge on any atom is -0.443 e. The van der Waals surface area contributed by atoms with Crippen molar-refractivity contribution in [2.75, 3.05) is 4.90 Å². The fourth-order valence-electron chi connectivity index (χ4n) is 4.52. The molecule has 0 N–H and O–H groups in total. The standard InChI is InChI=1S/C20H26BrNO2/c1-18(2,3)24-17(23)22-15-7-5-4-6-14(15)20(16(22)21)12-10-19(8-9-19)11-13-20/h4-7,16H,8-13H2,1-3H3. The van der Waals surface area contributed by atoms with E-state index in [4.69, 9.17) is 4.74 Å². The number of hydrogen-bond acceptors (Lipinski definition) is 2. The van der Waals surface area contributed by atoms with Gasteiger partial charge in [0.15, 0.2) is 0 Å². The topological polar surface area (TPSA) is 29.5 Å². The van der Waals surface area contributed by atoms with Gasteiger partial charge < -0.3 is 4.74 Å². The Balaban J connectivity index is 1.69. The number of rotatable bonds is 0. The van der Waals surface area contributed by atoms with E-state index in [0.29, 0.717) is 5.41 Å². The molecule has 2 spiro atoms. The zero-order valence-electron chi connectivity index (χ0n) is 14.8. The Labute approximate surface area is 152 Å². The normalized spacial score (nSPS) is 26.5. The maximum Gasteiger partial charge on any atom is 0.415 e. The number of carbonyl (C=O) groups excluding carboxylic acids is 1. The second-order valence-electron chi connectivity index (χ2n) is 8.86. The molecule has 3 aliphatic rings. The van der Waals surface area contributed by atoms with E-state index in [1.165, 1.54) is 31.2 Å². The minimum atomic E-state index is -0.487. The molecule has 1 amide bonds. The van der Waals surface area contributed by atoms with E-state index in [9.17, 15) is 4.79 Å². The van der Waals surface area contributed by atoms with Crippen LogP contribution in [0.5, 0.6) is 0 Å². The van der Waals surface area contributed by atoms with Crippen LogP contribution in [0, 0.1) is 5.41 Å². The number of ether oxygens (including phenoxy) is 1. The first-order chi connectivity index (χ1) is 11.3. The molecule has 2 fully saturated rings. The molecule has 0 radical (unpaired) electrons. The monoisotopic (exact) mass is 391 g/mol. The first-order valence-electron chi connectivity index (χ1n) is 9.02. The second-order valence-corrected chi connectivity index (χ2v) is 9.73. The molecule has 3 nitrogen and oxygen atoms in total. The SMILES string of the molecule is CC(C)(C)OC(=O)N1c2ccccc2C2(CCC3(CC3)CC2)C1Br. The first kappa shape index (κ1) is 16.4. The number of fused-ring (bicyclic) bond motifs is 2. The van der Waals surface area contributed by atoms with Crippen LogP contribution in [0.3, 0.4) is 0 Å². The highest BCUT2D eigenvalue weighted by Crippen LogP contribution is 2.64. The minimum absolute atomic E-state index is 0.0200. The summed E-state index contributed by atoms with van der Waals surface area (Å²) in [5.74, 6) is 0. The number of hydrogen-bond donors (Lipinski definition) is 0. The van der Waals surface area contributed by atoms with Gasteiger partial charge in [-0.05, 0) is 76.3 Å². The molecule has 1 heterocycles. The number of alkyl halides is 1. The Kier molecular flexibility index (Phi) is 3.58. The summed E-state index contributed by atoms with van der Waals surface area (Å²) in [6.07, 6.45) is 7.41. The number of halogens is 1. The van der Waals surface area contributed by atoms with Gasteiger partial charge in [0.25, 0.3) is 0 Å². The summed E-state index contributed by atoms with van der Waals surface area (Å²) in [5, 5.41) is 0. The summed E-state index contributed by atoms with van der Waals surface area (Å²) in [6, 6.07) is 8.38. The van der Waals surface area contributed by atoms with Gasteiger partial charge in [0, 0.05) is 5.41 Å². The van der Waals surface area contributed by atoms with Gasteiger partial charge in [0.05, 0.1) is 5.69 Å². The Hall–Kier alpha value is -1.03. The summed E-state index contributed by atoms with van der Waals surface area (Å²) < 4.78 is 5.69. The van der Waals surface area contributed by atoms with Crippen molar-refractivity contribution in [3.8, 4) is 0 Å². The highest BCUT2D eigenvalue weighted by atomic mass is 79.9. The van der Waals surface area contributed by atoms with Crippen LogP contribution in [0.4, 0.5) is 10.5 Å². The molecule has 130 valence electrons. The van der Waals surface area contributed by atoms with E-state index in [0.717, 1.165) is 18.5 Å². The van der Waals surface area contributed by atoms with Crippen LogP contribution in [0.25, 0.3) is 0 Å². The summed E-state index contributed by atoms with van der Waals surface area (Å²) in [5.41, 5.74) is 2.50. The Bertz CT molecular complexity index is 664. The van der Waals surface area contributed by atoms with Crippen molar-refractivity contribution in [2.45, 2.75) is 75.3 Å². The summed E-state index contributed by atoms with van der Waals surface area (Å²) in [6.45, 7) is 5.76. The summed E-state index contributed by atoms with van der Waals surface area (Å²) in [7, 11) is 0. The van der Waals surface area contributed by atoms with E-state index < -0.39 is 5.60 Å². The lowest BCUT2D eigenvalue weighted by Gasteiger charge is -2.41. The highest BCUT2D eigenvalue weighted by molar-refractivity contribution is 9.09. The fourth-order valence-corrected chi connectivity index (χ4v) is 5.61. The molecule has 2 saturated carbocycles. The van der Waals surface area contributed by atoms with Gasteiger partial charge in [-0.2, -0.15) is 0 Å². The van der Waals surface area contributed by atoms with Gasteiger partial charge in [-0.25, -0.2) is 4.79 Å². The smallest absolute Gasteiger partial charge is 0.415 e. The van der Waals surface area contributed by atoms with Gasteiger partial charge in [-0.15, -0.1) is 0 Å². The highest BCUT2D eigenvalue weighted by Gasteiger charge is 2.58. The Morgan fingerprint density at radius 3 is 2.29 bits per heavy atom. The number of carbonyl (C=O) groups is 1. The Morgan fingerprint density at radius 2 is 1.71 bits per heavy atom. The van der Waals surface area contributed by atoms with Crippen LogP contribution < -0.4 is 4.90 Å². The van der Waals surface area contributed by atoms with E-state index in [1.54, 1.807) is 0 Å². The van der Waals surface area contributed by atoms with Crippen LogP contribution in [-0.4, -0.2) is 16.6 Å². The molecule has 0 bridgehead atoms. The molecule has 1 aliphatic heterocycles. The third-order valence-corrected chi connectivity index (χ3v) is 7.42. The molecule has 1 aromatic carbocycles. The maximum atomic E-state index is 12.9. The summed E-state index contributed by atoms with van der Waals surface area (Å²) in [4.78, 5) is 14.7. The van der Waals surface area contributed by atoms with Gasteiger partial charge >= 0.3 is 6.09 Å². The quantitative estimate of drug-likeness (QED) is 0.415. The number of amides is 1. The van der Waals surface area contributed by atoms with E-state index >= 15 is 0 Å². The van der Waals surface area contributed by atoms with Gasteiger partial charge in [0.2, 0.25) is 0 Å². The third-order valence-electron chi connectivity index (χ3n) is 6.13. The number of anilines is 1. The molecule has 0 aromatic heterocycles. The van der Waals surface area contributed by atoms with Gasteiger partial charge in [-0.3, -0.25) is 4.90 Å². The summed E-state index contributed by atoms with van der Waals surface area (Å²) >= 11 is 3.90. The third kappa shape index (κ3) is 2.49. The van der Waals surface area contributed by atoms with Crippen molar-refractivity contribution < 1.29 is 9.53 Å². The average Bonchev–Trinajstić information content (AvgIpc) is 3.22. The van der Waals surface area contributed by atoms with Crippen molar-refractivity contribution in [2.24, 2.45) is 5.41 Å². The number of nitrogens with zero attached hydrogens (tertiary/aromatic N) is 1. The van der Waals surface area contributed by atoms with Crippen LogP contribution in [0.1, 0.15) is 64.9 Å². The van der Waals surface area contributed by atoms with Crippen molar-refractivity contribution in [3.63, 3.8) is 0 Å². The van der Waals surface area contributed by atoms with E-state index in [2.05, 4.69) is 34.1 Å². The van der Waals surface area contributed by atoms with Crippen molar-refractivity contribution >= 4 is 27.7 Å². The zero-order valence-corrected chi connectivity index (χ0v) is 16.4. The average molecular weight is 392 g/mol.